The normalized spacial score (nSPS) is 20.5. The van der Waals surface area contributed by atoms with Crippen LogP contribution in [0.25, 0.3) is 0 Å². The number of hydrogen-bond donors (Lipinski definition) is 0. The Morgan fingerprint density at radius 1 is 1.10 bits per heavy atom. The van der Waals surface area contributed by atoms with E-state index in [9.17, 15) is 8.42 Å². The van der Waals surface area contributed by atoms with E-state index in [1.54, 1.807) is 16.4 Å². The highest BCUT2D eigenvalue weighted by Crippen LogP contribution is 2.46. The summed E-state index contributed by atoms with van der Waals surface area (Å²) in [6.45, 7) is 13.6. The maximum absolute atomic E-state index is 13.6. The molecule has 7 heteroatoms. The van der Waals surface area contributed by atoms with Crippen LogP contribution >= 0.6 is 11.6 Å². The van der Waals surface area contributed by atoms with Gasteiger partial charge in [0, 0.05) is 17.7 Å². The molecule has 0 N–H and O–H groups in total. The van der Waals surface area contributed by atoms with Crippen molar-refractivity contribution in [3.05, 3.63) is 64.7 Å². The lowest BCUT2D eigenvalue weighted by atomic mass is 9.89. The molecular weight excluding hydrogens is 446 g/mol. The minimum Gasteiger partial charge on any atom is -0.417 e. The molecule has 0 unspecified atom stereocenters. The average Bonchev–Trinajstić information content (AvgIpc) is 2.64. The monoisotopic (exact) mass is 479 g/mol. The Morgan fingerprint density at radius 2 is 1.71 bits per heavy atom. The molecule has 2 aromatic rings. The smallest absolute Gasteiger partial charge is 0.243 e. The number of aryl methyl sites for hydroxylation is 1. The van der Waals surface area contributed by atoms with E-state index in [-0.39, 0.29) is 17.1 Å². The molecule has 1 aliphatic heterocycles. The molecule has 4 nitrogen and oxygen atoms in total. The highest BCUT2D eigenvalue weighted by molar-refractivity contribution is 7.89. The molecule has 3 rings (SSSR count). The number of halogens is 1. The third-order valence-electron chi connectivity index (χ3n) is 6.74. The van der Waals surface area contributed by atoms with E-state index >= 15 is 0 Å². The molecule has 0 aromatic heterocycles. The number of nitrogens with zero attached hydrogens (tertiary/aromatic N) is 1. The first kappa shape index (κ1) is 24.5. The highest BCUT2D eigenvalue weighted by Gasteiger charge is 2.48. The van der Waals surface area contributed by atoms with E-state index < -0.39 is 18.3 Å². The molecule has 31 heavy (non-hydrogen) atoms. The molecule has 0 bridgehead atoms. The molecule has 0 spiro atoms. The number of benzene rings is 2. The number of hydrogen-bond acceptors (Lipinski definition) is 3. The molecule has 1 aliphatic rings. The van der Waals surface area contributed by atoms with Gasteiger partial charge < -0.3 is 4.43 Å². The molecule has 2 aromatic carbocycles. The second kappa shape index (κ2) is 8.98. The summed E-state index contributed by atoms with van der Waals surface area (Å²) >= 11 is 6.44. The molecule has 0 amide bonds. The topological polar surface area (TPSA) is 46.6 Å². The van der Waals surface area contributed by atoms with Crippen LogP contribution in [0.4, 0.5) is 0 Å². The van der Waals surface area contributed by atoms with Crippen molar-refractivity contribution in [3.8, 4) is 0 Å². The maximum Gasteiger partial charge on any atom is 0.243 e. The van der Waals surface area contributed by atoms with Crippen molar-refractivity contribution in [2.75, 3.05) is 6.61 Å². The first-order valence-corrected chi connectivity index (χ1v) is 15.6. The van der Waals surface area contributed by atoms with Crippen molar-refractivity contribution < 1.29 is 12.8 Å². The van der Waals surface area contributed by atoms with Gasteiger partial charge in [-0.2, -0.15) is 4.31 Å². The largest absolute Gasteiger partial charge is 0.417 e. The van der Waals surface area contributed by atoms with Crippen LogP contribution in [0.3, 0.4) is 0 Å². The van der Waals surface area contributed by atoms with Gasteiger partial charge in [-0.05, 0) is 61.7 Å². The van der Waals surface area contributed by atoms with Crippen LogP contribution in [-0.2, 0) is 14.4 Å². The zero-order valence-corrected chi connectivity index (χ0v) is 21.9. The van der Waals surface area contributed by atoms with Gasteiger partial charge in [0.25, 0.3) is 0 Å². The van der Waals surface area contributed by atoms with Gasteiger partial charge in [-0.1, -0.05) is 68.3 Å². The van der Waals surface area contributed by atoms with E-state index in [0.29, 0.717) is 22.9 Å². The fourth-order valence-corrected chi connectivity index (χ4v) is 6.86. The Kier molecular flexibility index (Phi) is 7.09. The van der Waals surface area contributed by atoms with Crippen molar-refractivity contribution in [2.24, 2.45) is 0 Å². The summed E-state index contributed by atoms with van der Waals surface area (Å²) < 4.78 is 35.2. The van der Waals surface area contributed by atoms with E-state index in [2.05, 4.69) is 33.9 Å². The predicted octanol–water partition coefficient (Wildman–Crippen LogP) is 6.56. The van der Waals surface area contributed by atoms with Gasteiger partial charge in [0.1, 0.15) is 0 Å². The van der Waals surface area contributed by atoms with E-state index in [1.165, 1.54) is 0 Å². The Bertz CT molecular complexity index is 1020. The average molecular weight is 480 g/mol. The van der Waals surface area contributed by atoms with Crippen LogP contribution in [0.2, 0.25) is 23.2 Å². The lowest BCUT2D eigenvalue weighted by molar-refractivity contribution is 0.0873. The van der Waals surface area contributed by atoms with Crippen molar-refractivity contribution >= 4 is 29.9 Å². The molecule has 0 radical (unpaired) electrons. The zero-order chi connectivity index (χ0) is 23.0. The van der Waals surface area contributed by atoms with E-state index in [4.69, 9.17) is 16.0 Å². The fraction of sp³-hybridized carbons (Fsp3) is 0.500. The molecule has 0 saturated carbocycles. The van der Waals surface area contributed by atoms with Gasteiger partial charge in [-0.3, -0.25) is 0 Å². The molecule has 1 fully saturated rings. The van der Waals surface area contributed by atoms with Crippen molar-refractivity contribution in [2.45, 2.75) is 75.6 Å². The lowest BCUT2D eigenvalue weighted by Crippen LogP contribution is -2.54. The molecule has 1 saturated heterocycles. The second-order valence-electron chi connectivity index (χ2n) is 9.97. The Labute approximate surface area is 193 Å². The lowest BCUT2D eigenvalue weighted by Gasteiger charge is -2.48. The van der Waals surface area contributed by atoms with Crippen LogP contribution in [0.1, 0.15) is 50.8 Å². The highest BCUT2D eigenvalue weighted by atomic mass is 35.5. The van der Waals surface area contributed by atoms with Crippen LogP contribution in [0.15, 0.2) is 53.4 Å². The summed E-state index contributed by atoms with van der Waals surface area (Å²) in [5, 5.41) is 0.730. The third kappa shape index (κ3) is 5.09. The predicted molar refractivity (Wildman–Crippen MR) is 131 cm³/mol. The minimum absolute atomic E-state index is 0.0997. The van der Waals surface area contributed by atoms with Crippen LogP contribution < -0.4 is 0 Å². The minimum atomic E-state index is -3.65. The summed E-state index contributed by atoms with van der Waals surface area (Å²) in [5.41, 5.74) is 1.89. The van der Waals surface area contributed by atoms with Crippen LogP contribution in [0, 0.1) is 6.92 Å². The Morgan fingerprint density at radius 3 is 2.29 bits per heavy atom. The van der Waals surface area contributed by atoms with Gasteiger partial charge in [-0.25, -0.2) is 8.42 Å². The third-order valence-corrected chi connectivity index (χ3v) is 13.6. The summed E-state index contributed by atoms with van der Waals surface area (Å²) in [5.74, 6) is 0. The van der Waals surface area contributed by atoms with Crippen molar-refractivity contribution in [1.29, 1.82) is 0 Å². The van der Waals surface area contributed by atoms with Gasteiger partial charge >= 0.3 is 0 Å². The van der Waals surface area contributed by atoms with Crippen molar-refractivity contribution in [1.82, 2.24) is 4.31 Å². The summed E-state index contributed by atoms with van der Waals surface area (Å²) in [4.78, 5) is 0.324. The molecular formula is C24H34ClNO3SSi. The standard InChI is InChI=1S/C24H34ClNO3SSi/c1-18-11-13-20(14-12-18)30(27,28)26-19(15-16-29-31(5,6)24(2,3)4)17-23(26)21-9-7-8-10-22(21)25/h7-14,19,23H,15-17H2,1-6H3/t19-,23-/m1/s1. The summed E-state index contributed by atoms with van der Waals surface area (Å²) in [6, 6.07) is 14.2. The summed E-state index contributed by atoms with van der Waals surface area (Å²) in [7, 11) is -5.52. The molecule has 170 valence electrons. The summed E-state index contributed by atoms with van der Waals surface area (Å²) in [6.07, 6.45) is 1.42. The van der Waals surface area contributed by atoms with Crippen LogP contribution in [0.5, 0.6) is 0 Å². The van der Waals surface area contributed by atoms with Crippen LogP contribution in [-0.4, -0.2) is 33.7 Å². The van der Waals surface area contributed by atoms with Gasteiger partial charge in [0.15, 0.2) is 8.32 Å². The first-order chi connectivity index (χ1) is 14.3. The Balaban J connectivity index is 1.85. The maximum atomic E-state index is 13.6. The molecule has 1 heterocycles. The fourth-order valence-electron chi connectivity index (χ4n) is 3.70. The number of rotatable bonds is 7. The van der Waals surface area contributed by atoms with E-state index in [0.717, 1.165) is 17.5 Å². The van der Waals surface area contributed by atoms with Crippen molar-refractivity contribution in [3.63, 3.8) is 0 Å². The SMILES string of the molecule is Cc1ccc(S(=O)(=O)N2[C@H](CCO[Si](C)(C)C(C)(C)C)C[C@@H]2c2ccccc2Cl)cc1. The van der Waals surface area contributed by atoms with Gasteiger partial charge in [-0.15, -0.1) is 0 Å². The number of sulfonamides is 1. The van der Waals surface area contributed by atoms with Gasteiger partial charge in [0.2, 0.25) is 10.0 Å². The zero-order valence-electron chi connectivity index (χ0n) is 19.4. The quantitative estimate of drug-likeness (QED) is 0.422. The second-order valence-corrected chi connectivity index (χ2v) is 17.0. The molecule has 2 atom stereocenters. The van der Waals surface area contributed by atoms with Gasteiger partial charge in [0.05, 0.1) is 10.9 Å². The molecule has 0 aliphatic carbocycles. The van der Waals surface area contributed by atoms with E-state index in [1.807, 2.05) is 43.3 Å². The first-order valence-electron chi connectivity index (χ1n) is 10.8. The Hall–Kier alpha value is -1.18.